The molecule has 3 aromatic rings. The van der Waals surface area contributed by atoms with E-state index < -0.39 is 0 Å². The molecule has 2 aromatic heterocycles. The lowest BCUT2D eigenvalue weighted by Gasteiger charge is -1.86. The average molecular weight is 312 g/mol. The normalized spacial score (nSPS) is 10.8. The molecule has 3 rings (SSSR count). The van der Waals surface area contributed by atoms with Gasteiger partial charge in [0.1, 0.15) is 9.50 Å². The van der Waals surface area contributed by atoms with E-state index >= 15 is 0 Å². The third-order valence-electron chi connectivity index (χ3n) is 2.38. The molecular weight excluding hydrogens is 305 g/mol. The molecule has 0 fully saturated rings. The smallest absolute Gasteiger partial charge is 0.134 e. The van der Waals surface area contributed by atoms with Gasteiger partial charge in [-0.15, -0.1) is 22.7 Å². The number of halogens is 2. The molecule has 5 heteroatoms. The van der Waals surface area contributed by atoms with Gasteiger partial charge < -0.3 is 0 Å². The van der Waals surface area contributed by atoms with Crippen LogP contribution in [0.4, 0.5) is 0 Å². The lowest BCUT2D eigenvalue weighted by molar-refractivity contribution is 1.50. The number of para-hydroxylation sites is 1. The van der Waals surface area contributed by atoms with Crippen molar-refractivity contribution in [3.8, 4) is 9.88 Å². The highest BCUT2D eigenvalue weighted by molar-refractivity contribution is 7.25. The lowest BCUT2D eigenvalue weighted by atomic mass is 10.3. The molecule has 90 valence electrons. The molecular formula is C13H7Cl2NS2. The summed E-state index contributed by atoms with van der Waals surface area (Å²) in [6, 6.07) is 12.2. The Morgan fingerprint density at radius 2 is 1.89 bits per heavy atom. The summed E-state index contributed by atoms with van der Waals surface area (Å²) in [4.78, 5) is 6.79. The number of rotatable bonds is 2. The van der Waals surface area contributed by atoms with E-state index in [4.69, 9.17) is 23.2 Å². The molecule has 0 spiro atoms. The third-order valence-corrected chi connectivity index (χ3v) is 4.84. The molecule has 2 heterocycles. The molecule has 0 N–H and O–H groups in total. The van der Waals surface area contributed by atoms with E-state index in [0.717, 1.165) is 20.3 Å². The molecule has 0 aliphatic carbocycles. The minimum atomic E-state index is 0.271. The van der Waals surface area contributed by atoms with Crippen LogP contribution in [0.1, 0.15) is 4.88 Å². The summed E-state index contributed by atoms with van der Waals surface area (Å²) in [5, 5.41) is 1.03. The predicted octanol–water partition coefficient (Wildman–Crippen LogP) is 5.80. The Morgan fingerprint density at radius 1 is 1.06 bits per heavy atom. The van der Waals surface area contributed by atoms with Crippen molar-refractivity contribution in [3.05, 3.63) is 45.8 Å². The van der Waals surface area contributed by atoms with Crippen LogP contribution in [-0.4, -0.2) is 4.98 Å². The standard InChI is InChI=1S/C13H7Cl2NS2/c14-12(15)7-8-5-6-11(17-8)13-16-9-3-1-2-4-10(9)18-13/h1-7H. The molecule has 0 atom stereocenters. The van der Waals surface area contributed by atoms with Gasteiger partial charge in [-0.05, 0) is 30.3 Å². The minimum Gasteiger partial charge on any atom is -0.235 e. The largest absolute Gasteiger partial charge is 0.235 e. The third kappa shape index (κ3) is 2.45. The molecule has 0 aliphatic rings. The quantitative estimate of drug-likeness (QED) is 0.582. The second-order valence-electron chi connectivity index (χ2n) is 3.62. The topological polar surface area (TPSA) is 12.9 Å². The van der Waals surface area contributed by atoms with Crippen LogP contribution in [-0.2, 0) is 0 Å². The van der Waals surface area contributed by atoms with E-state index in [-0.39, 0.29) is 4.49 Å². The summed E-state index contributed by atoms with van der Waals surface area (Å²) in [6.45, 7) is 0. The summed E-state index contributed by atoms with van der Waals surface area (Å²) >= 11 is 14.6. The number of fused-ring (bicyclic) bond motifs is 1. The Balaban J connectivity index is 2.04. The van der Waals surface area contributed by atoms with Gasteiger partial charge in [-0.3, -0.25) is 0 Å². The van der Waals surface area contributed by atoms with Crippen LogP contribution in [0, 0.1) is 0 Å². The Hall–Kier alpha value is -0.870. The SMILES string of the molecule is ClC(Cl)=Cc1ccc(-c2nc3ccccc3s2)s1. The predicted molar refractivity (Wildman–Crippen MR) is 82.6 cm³/mol. The molecule has 0 bridgehead atoms. The van der Waals surface area contributed by atoms with E-state index in [9.17, 15) is 0 Å². The number of nitrogens with zero attached hydrogens (tertiary/aromatic N) is 1. The Kier molecular flexibility index (Phi) is 3.39. The number of hydrogen-bond acceptors (Lipinski definition) is 3. The van der Waals surface area contributed by atoms with Crippen LogP contribution in [0.3, 0.4) is 0 Å². The highest BCUT2D eigenvalue weighted by Gasteiger charge is 2.08. The minimum absolute atomic E-state index is 0.271. The number of benzene rings is 1. The zero-order chi connectivity index (χ0) is 12.5. The lowest BCUT2D eigenvalue weighted by Crippen LogP contribution is -1.67. The van der Waals surface area contributed by atoms with Crippen LogP contribution < -0.4 is 0 Å². The first-order valence-corrected chi connectivity index (χ1v) is 7.60. The fourth-order valence-corrected chi connectivity index (χ4v) is 3.97. The zero-order valence-corrected chi connectivity index (χ0v) is 12.2. The summed E-state index contributed by atoms with van der Waals surface area (Å²) in [5.41, 5.74) is 1.04. The number of aromatic nitrogens is 1. The summed E-state index contributed by atoms with van der Waals surface area (Å²) in [7, 11) is 0. The van der Waals surface area contributed by atoms with Crippen molar-refractivity contribution in [2.24, 2.45) is 0 Å². The molecule has 0 aliphatic heterocycles. The van der Waals surface area contributed by atoms with Gasteiger partial charge in [-0.25, -0.2) is 4.98 Å². The van der Waals surface area contributed by atoms with Gasteiger partial charge in [0.05, 0.1) is 15.1 Å². The van der Waals surface area contributed by atoms with Gasteiger partial charge in [0.15, 0.2) is 0 Å². The fourth-order valence-electron chi connectivity index (χ4n) is 1.63. The molecule has 0 saturated heterocycles. The molecule has 18 heavy (non-hydrogen) atoms. The Morgan fingerprint density at radius 3 is 2.67 bits per heavy atom. The zero-order valence-electron chi connectivity index (χ0n) is 9.06. The van der Waals surface area contributed by atoms with Gasteiger partial charge in [0, 0.05) is 4.88 Å². The van der Waals surface area contributed by atoms with E-state index in [0.29, 0.717) is 0 Å². The van der Waals surface area contributed by atoms with E-state index in [1.165, 1.54) is 4.70 Å². The van der Waals surface area contributed by atoms with Gasteiger partial charge in [-0.2, -0.15) is 0 Å². The van der Waals surface area contributed by atoms with Gasteiger partial charge >= 0.3 is 0 Å². The van der Waals surface area contributed by atoms with Crippen molar-refractivity contribution < 1.29 is 0 Å². The maximum Gasteiger partial charge on any atom is 0.134 e. The van der Waals surface area contributed by atoms with Gasteiger partial charge in [-0.1, -0.05) is 35.3 Å². The Labute approximate surface area is 122 Å². The van der Waals surface area contributed by atoms with Crippen molar-refractivity contribution in [1.82, 2.24) is 4.98 Å². The molecule has 0 saturated carbocycles. The number of thiophene rings is 1. The first-order chi connectivity index (χ1) is 8.72. The average Bonchev–Trinajstić information content (AvgIpc) is 2.93. The second-order valence-corrected chi connectivity index (χ2v) is 6.78. The van der Waals surface area contributed by atoms with Crippen LogP contribution in [0.2, 0.25) is 0 Å². The highest BCUT2D eigenvalue weighted by atomic mass is 35.5. The van der Waals surface area contributed by atoms with Crippen molar-refractivity contribution in [1.29, 1.82) is 0 Å². The maximum atomic E-state index is 5.65. The molecule has 1 aromatic carbocycles. The number of thiazole rings is 1. The molecule has 1 nitrogen and oxygen atoms in total. The van der Waals surface area contributed by atoms with Crippen molar-refractivity contribution in [3.63, 3.8) is 0 Å². The molecule has 0 radical (unpaired) electrons. The van der Waals surface area contributed by atoms with Crippen LogP contribution in [0.15, 0.2) is 40.9 Å². The van der Waals surface area contributed by atoms with Crippen molar-refractivity contribution >= 4 is 62.2 Å². The van der Waals surface area contributed by atoms with E-state index in [1.54, 1.807) is 28.7 Å². The van der Waals surface area contributed by atoms with Crippen molar-refractivity contribution in [2.75, 3.05) is 0 Å². The summed E-state index contributed by atoms with van der Waals surface area (Å²) in [6.07, 6.45) is 1.74. The molecule has 0 unspecified atom stereocenters. The van der Waals surface area contributed by atoms with Crippen LogP contribution in [0.5, 0.6) is 0 Å². The van der Waals surface area contributed by atoms with E-state index in [1.807, 2.05) is 30.3 Å². The summed E-state index contributed by atoms with van der Waals surface area (Å²) < 4.78 is 1.47. The fraction of sp³-hybridized carbons (Fsp3) is 0. The number of hydrogen-bond donors (Lipinski definition) is 0. The van der Waals surface area contributed by atoms with Gasteiger partial charge in [0.2, 0.25) is 0 Å². The maximum absolute atomic E-state index is 5.65. The van der Waals surface area contributed by atoms with E-state index in [2.05, 4.69) is 11.1 Å². The van der Waals surface area contributed by atoms with Crippen molar-refractivity contribution in [2.45, 2.75) is 0 Å². The molecule has 0 amide bonds. The van der Waals surface area contributed by atoms with Gasteiger partial charge in [0.25, 0.3) is 0 Å². The van der Waals surface area contributed by atoms with Crippen LogP contribution >= 0.6 is 45.9 Å². The monoisotopic (exact) mass is 311 g/mol. The second kappa shape index (κ2) is 5.02. The highest BCUT2D eigenvalue weighted by Crippen LogP contribution is 2.35. The first kappa shape index (κ1) is 12.2. The summed E-state index contributed by atoms with van der Waals surface area (Å²) in [5.74, 6) is 0. The first-order valence-electron chi connectivity index (χ1n) is 5.21. The van der Waals surface area contributed by atoms with Crippen LogP contribution in [0.25, 0.3) is 26.2 Å². The Bertz CT molecular complexity index is 690.